The highest BCUT2D eigenvalue weighted by Crippen LogP contribution is 2.22. The van der Waals surface area contributed by atoms with Crippen LogP contribution in [-0.4, -0.2) is 17.0 Å². The third-order valence-electron chi connectivity index (χ3n) is 3.23. The van der Waals surface area contributed by atoms with Gasteiger partial charge in [0.25, 0.3) is 0 Å². The number of hydrogen-bond acceptors (Lipinski definition) is 6. The van der Waals surface area contributed by atoms with Gasteiger partial charge in [0.2, 0.25) is 0 Å². The number of nitrogens with zero attached hydrogens (tertiary/aromatic N) is 2. The minimum atomic E-state index is 0.734. The van der Waals surface area contributed by atoms with Crippen LogP contribution in [0, 0.1) is 0 Å². The molecular formula is C18H22BrN5S. The zero-order valence-electron chi connectivity index (χ0n) is 14.5. The lowest BCUT2D eigenvalue weighted by Gasteiger charge is -2.10. The molecule has 25 heavy (non-hydrogen) atoms. The Bertz CT molecular complexity index is 761. The number of hydrogen-bond donors (Lipinski definition) is 3. The molecule has 0 fully saturated rings. The Morgan fingerprint density at radius 2 is 2.04 bits per heavy atom. The Hall–Kier alpha value is -1.83. The molecular weight excluding hydrogens is 398 g/mol. The normalized spacial score (nSPS) is 12.2. The molecule has 0 unspecified atom stereocenters. The minimum absolute atomic E-state index is 0.734. The largest absolute Gasteiger partial charge is 0.340 e. The summed E-state index contributed by atoms with van der Waals surface area (Å²) < 4.78 is 4.19. The Labute approximate surface area is 161 Å². The molecule has 7 heteroatoms. The third-order valence-corrected chi connectivity index (χ3v) is 4.71. The van der Waals surface area contributed by atoms with E-state index in [9.17, 15) is 0 Å². The topological polar surface area (TPSA) is 61.9 Å². The van der Waals surface area contributed by atoms with Gasteiger partial charge in [-0.05, 0) is 61.1 Å². The van der Waals surface area contributed by atoms with Crippen LogP contribution in [-0.2, 0) is 0 Å². The highest BCUT2D eigenvalue weighted by molar-refractivity contribution is 9.11. The number of benzene rings is 1. The van der Waals surface area contributed by atoms with Crippen molar-refractivity contribution in [1.29, 1.82) is 0 Å². The molecule has 1 heterocycles. The smallest absolute Gasteiger partial charge is 0.135 e. The lowest BCUT2D eigenvalue weighted by atomic mass is 10.3. The van der Waals surface area contributed by atoms with Crippen LogP contribution in [0.25, 0.3) is 0 Å². The molecule has 0 spiro atoms. The van der Waals surface area contributed by atoms with Gasteiger partial charge in [-0.3, -0.25) is 4.72 Å². The number of aromatic nitrogens is 2. The van der Waals surface area contributed by atoms with Crippen molar-refractivity contribution in [1.82, 2.24) is 14.7 Å². The van der Waals surface area contributed by atoms with Gasteiger partial charge in [-0.2, -0.15) is 0 Å². The van der Waals surface area contributed by atoms with Crippen LogP contribution in [0.4, 0.5) is 17.3 Å². The molecule has 0 saturated heterocycles. The maximum absolute atomic E-state index is 4.29. The number of anilines is 3. The van der Waals surface area contributed by atoms with Crippen molar-refractivity contribution < 1.29 is 0 Å². The van der Waals surface area contributed by atoms with E-state index in [1.807, 2.05) is 44.3 Å². The number of rotatable bonds is 8. The van der Waals surface area contributed by atoms with E-state index < -0.39 is 0 Å². The second kappa shape index (κ2) is 10.2. The average molecular weight is 420 g/mol. The molecule has 1 aromatic carbocycles. The van der Waals surface area contributed by atoms with E-state index in [0.29, 0.717) is 0 Å². The molecule has 0 radical (unpaired) electrons. The molecule has 0 aliphatic rings. The van der Waals surface area contributed by atoms with E-state index in [0.717, 1.165) is 38.8 Å². The predicted molar refractivity (Wildman–Crippen MR) is 111 cm³/mol. The first-order valence-corrected chi connectivity index (χ1v) is 9.57. The molecule has 3 N–H and O–H groups in total. The van der Waals surface area contributed by atoms with E-state index >= 15 is 0 Å². The maximum Gasteiger partial charge on any atom is 0.135 e. The first-order valence-electron chi connectivity index (χ1n) is 7.96. The maximum atomic E-state index is 4.29. The summed E-state index contributed by atoms with van der Waals surface area (Å²) in [6.07, 6.45) is 6.54. The fourth-order valence-electron chi connectivity index (χ4n) is 2.01. The number of nitrogens with one attached hydrogen (secondary N) is 3. The van der Waals surface area contributed by atoms with Crippen LogP contribution in [0.1, 0.15) is 20.3 Å². The van der Waals surface area contributed by atoms with E-state index in [1.165, 1.54) is 0 Å². The summed E-state index contributed by atoms with van der Waals surface area (Å²) in [4.78, 5) is 9.71. The Kier molecular flexibility index (Phi) is 7.97. The predicted octanol–water partition coefficient (Wildman–Crippen LogP) is 5.45. The van der Waals surface area contributed by atoms with Crippen molar-refractivity contribution in [3.05, 3.63) is 59.0 Å². The van der Waals surface area contributed by atoms with Gasteiger partial charge in [-0.15, -0.1) is 0 Å². The van der Waals surface area contributed by atoms with Gasteiger partial charge in [0, 0.05) is 22.3 Å². The van der Waals surface area contributed by atoms with Crippen LogP contribution >= 0.6 is 27.9 Å². The van der Waals surface area contributed by atoms with Gasteiger partial charge in [0.05, 0.1) is 0 Å². The Morgan fingerprint density at radius 1 is 1.24 bits per heavy atom. The van der Waals surface area contributed by atoms with E-state index in [-0.39, 0.29) is 0 Å². The van der Waals surface area contributed by atoms with Gasteiger partial charge in [-0.25, -0.2) is 9.97 Å². The quantitative estimate of drug-likeness (QED) is 0.390. The first kappa shape index (κ1) is 19.5. The van der Waals surface area contributed by atoms with Crippen LogP contribution in [0.5, 0.6) is 0 Å². The average Bonchev–Trinajstić information content (AvgIpc) is 2.62. The Balaban J connectivity index is 2.12. The molecule has 0 bridgehead atoms. The molecule has 2 rings (SSSR count). The van der Waals surface area contributed by atoms with Gasteiger partial charge < -0.3 is 10.6 Å². The molecule has 2 aromatic rings. The van der Waals surface area contributed by atoms with Gasteiger partial charge in [0.15, 0.2) is 0 Å². The van der Waals surface area contributed by atoms with Gasteiger partial charge >= 0.3 is 0 Å². The van der Waals surface area contributed by atoms with Gasteiger partial charge in [-0.1, -0.05) is 35.0 Å². The number of allylic oxidation sites excluding steroid dienone is 3. The van der Waals surface area contributed by atoms with Crippen molar-refractivity contribution in [2.24, 2.45) is 0 Å². The molecule has 0 atom stereocenters. The fourth-order valence-corrected chi connectivity index (χ4v) is 2.82. The van der Waals surface area contributed by atoms with Crippen molar-refractivity contribution in [3.63, 3.8) is 0 Å². The summed E-state index contributed by atoms with van der Waals surface area (Å²) in [7, 11) is 1.90. The lowest BCUT2D eigenvalue weighted by molar-refractivity contribution is 1.15. The highest BCUT2D eigenvalue weighted by Gasteiger charge is 2.02. The van der Waals surface area contributed by atoms with Crippen LogP contribution < -0.4 is 15.4 Å². The van der Waals surface area contributed by atoms with Crippen molar-refractivity contribution in [2.75, 3.05) is 17.7 Å². The van der Waals surface area contributed by atoms with Crippen molar-refractivity contribution in [3.8, 4) is 0 Å². The standard InChI is InChI=1S/C18H22BrN5S/c1-4-13(19)9-14(5-2)23-17-11-18(22-12-21-17)24-15-7-6-8-16(10-15)25-20-3/h5-12,20H,4H2,1-3H3,(H2,21,22,23,24)/b13-9+,14-5+. The molecule has 0 aliphatic heterocycles. The third kappa shape index (κ3) is 6.53. The first-order chi connectivity index (χ1) is 12.1. The molecule has 0 amide bonds. The Morgan fingerprint density at radius 3 is 2.76 bits per heavy atom. The van der Waals surface area contributed by atoms with Crippen LogP contribution in [0.3, 0.4) is 0 Å². The van der Waals surface area contributed by atoms with Crippen molar-refractivity contribution in [2.45, 2.75) is 25.2 Å². The molecule has 5 nitrogen and oxygen atoms in total. The molecule has 0 aliphatic carbocycles. The summed E-state index contributed by atoms with van der Waals surface area (Å²) in [5, 5.41) is 6.61. The minimum Gasteiger partial charge on any atom is -0.340 e. The van der Waals surface area contributed by atoms with E-state index in [2.05, 4.69) is 60.3 Å². The summed E-state index contributed by atoms with van der Waals surface area (Å²) in [5.41, 5.74) is 1.95. The van der Waals surface area contributed by atoms with Crippen LogP contribution in [0.2, 0.25) is 0 Å². The molecule has 1 aromatic heterocycles. The van der Waals surface area contributed by atoms with E-state index in [1.54, 1.807) is 18.3 Å². The molecule has 0 saturated carbocycles. The van der Waals surface area contributed by atoms with Gasteiger partial charge in [0.1, 0.15) is 18.0 Å². The summed E-state index contributed by atoms with van der Waals surface area (Å²) in [6, 6.07) is 10.0. The summed E-state index contributed by atoms with van der Waals surface area (Å²) in [5.74, 6) is 1.47. The SMILES string of the molecule is C/C=C(\C=C(\Br)CC)Nc1cc(Nc2cccc(SNC)c2)ncn1. The second-order valence-electron chi connectivity index (χ2n) is 5.06. The van der Waals surface area contributed by atoms with Crippen LogP contribution in [0.15, 0.2) is 63.9 Å². The van der Waals surface area contributed by atoms with Crippen molar-refractivity contribution >= 4 is 45.2 Å². The zero-order chi connectivity index (χ0) is 18.1. The lowest BCUT2D eigenvalue weighted by Crippen LogP contribution is -2.02. The summed E-state index contributed by atoms with van der Waals surface area (Å²) >= 11 is 5.11. The molecule has 132 valence electrons. The van der Waals surface area contributed by atoms with E-state index in [4.69, 9.17) is 0 Å². The number of halogens is 1. The highest BCUT2D eigenvalue weighted by atomic mass is 79.9. The summed E-state index contributed by atoms with van der Waals surface area (Å²) in [6.45, 7) is 4.08. The zero-order valence-corrected chi connectivity index (χ0v) is 16.9. The monoisotopic (exact) mass is 419 g/mol. The fraction of sp³-hybridized carbons (Fsp3) is 0.222. The second-order valence-corrected chi connectivity index (χ2v) is 7.16.